The van der Waals surface area contributed by atoms with Crippen molar-refractivity contribution in [3.05, 3.63) is 22.7 Å². The summed E-state index contributed by atoms with van der Waals surface area (Å²) < 4.78 is 1.45. The van der Waals surface area contributed by atoms with Gasteiger partial charge in [-0.2, -0.15) is 4.68 Å². The van der Waals surface area contributed by atoms with Gasteiger partial charge in [-0.25, -0.2) is 0 Å². The van der Waals surface area contributed by atoms with E-state index in [2.05, 4.69) is 20.8 Å². The van der Waals surface area contributed by atoms with Crippen LogP contribution in [0.3, 0.4) is 0 Å². The third-order valence-electron chi connectivity index (χ3n) is 3.31. The Labute approximate surface area is 113 Å². The summed E-state index contributed by atoms with van der Waals surface area (Å²) in [5.41, 5.74) is -0.0740. The minimum absolute atomic E-state index is 0.208. The number of thiophene rings is 1. The summed E-state index contributed by atoms with van der Waals surface area (Å²) in [6, 6.07) is 1.79. The van der Waals surface area contributed by atoms with Crippen LogP contribution in [0.4, 0.5) is 0 Å². The first kappa shape index (κ1) is 12.2. The molecule has 8 heteroatoms. The van der Waals surface area contributed by atoms with E-state index in [-0.39, 0.29) is 5.91 Å². The number of aliphatic hydroxyl groups is 1. The van der Waals surface area contributed by atoms with Crippen LogP contribution in [0.15, 0.2) is 17.8 Å². The number of nitrogens with one attached hydrogen (secondary N) is 1. The molecule has 0 aliphatic heterocycles. The molecule has 3 rings (SSSR count). The molecule has 1 aliphatic rings. The van der Waals surface area contributed by atoms with Gasteiger partial charge in [-0.15, -0.1) is 16.4 Å². The zero-order valence-electron chi connectivity index (χ0n) is 10.1. The molecule has 0 bridgehead atoms. The Bertz CT molecular complexity index is 576. The molecule has 0 spiro atoms. The van der Waals surface area contributed by atoms with Crippen LogP contribution in [0, 0.1) is 0 Å². The topological polar surface area (TPSA) is 92.9 Å². The van der Waals surface area contributed by atoms with Gasteiger partial charge in [0.05, 0.1) is 11.3 Å². The Morgan fingerprint density at radius 1 is 1.58 bits per heavy atom. The number of carbonyl (C=O) groups is 1. The third kappa shape index (κ3) is 2.36. The van der Waals surface area contributed by atoms with Gasteiger partial charge in [0, 0.05) is 6.54 Å². The summed E-state index contributed by atoms with van der Waals surface area (Å²) in [4.78, 5) is 12.7. The lowest BCUT2D eigenvalue weighted by molar-refractivity contribution is -0.0300. The third-order valence-corrected chi connectivity index (χ3v) is 4.21. The Morgan fingerprint density at radius 3 is 3.05 bits per heavy atom. The number of hydrogen-bond donors (Lipinski definition) is 2. The minimum atomic E-state index is -0.720. The van der Waals surface area contributed by atoms with E-state index in [0.717, 1.165) is 19.3 Å². The molecule has 1 aliphatic carbocycles. The monoisotopic (exact) mass is 279 g/mol. The molecule has 100 valence electrons. The smallest absolute Gasteiger partial charge is 0.263 e. The first-order valence-corrected chi connectivity index (χ1v) is 6.87. The number of amides is 1. The summed E-state index contributed by atoms with van der Waals surface area (Å²) in [5, 5.41) is 25.4. The van der Waals surface area contributed by atoms with E-state index in [1.165, 1.54) is 22.3 Å². The van der Waals surface area contributed by atoms with Crippen molar-refractivity contribution in [2.24, 2.45) is 0 Å². The van der Waals surface area contributed by atoms with Crippen molar-refractivity contribution in [3.8, 4) is 5.69 Å². The fourth-order valence-corrected chi connectivity index (χ4v) is 2.81. The molecule has 0 atom stereocenters. The highest BCUT2D eigenvalue weighted by Gasteiger charge is 2.34. The van der Waals surface area contributed by atoms with Crippen molar-refractivity contribution >= 4 is 17.2 Å². The lowest BCUT2D eigenvalue weighted by Crippen LogP contribution is -2.47. The number of tetrazole rings is 1. The fourth-order valence-electron chi connectivity index (χ4n) is 2.01. The molecule has 0 saturated heterocycles. The van der Waals surface area contributed by atoms with Crippen molar-refractivity contribution in [2.75, 3.05) is 6.54 Å². The number of carbonyl (C=O) groups excluding carboxylic acids is 1. The van der Waals surface area contributed by atoms with Crippen molar-refractivity contribution in [1.82, 2.24) is 25.5 Å². The Kier molecular flexibility index (Phi) is 3.03. The molecule has 2 N–H and O–H groups in total. The molecular weight excluding hydrogens is 266 g/mol. The highest BCUT2D eigenvalue weighted by Crippen LogP contribution is 2.30. The van der Waals surface area contributed by atoms with E-state index in [4.69, 9.17) is 0 Å². The van der Waals surface area contributed by atoms with Gasteiger partial charge in [0.15, 0.2) is 0 Å². The van der Waals surface area contributed by atoms with Crippen LogP contribution < -0.4 is 5.32 Å². The van der Waals surface area contributed by atoms with Gasteiger partial charge >= 0.3 is 0 Å². The van der Waals surface area contributed by atoms with E-state index >= 15 is 0 Å². The Balaban J connectivity index is 1.72. The first-order valence-electron chi connectivity index (χ1n) is 5.99. The maximum atomic E-state index is 12.1. The van der Waals surface area contributed by atoms with Crippen LogP contribution in [-0.2, 0) is 0 Å². The van der Waals surface area contributed by atoms with E-state index in [1.807, 2.05) is 5.38 Å². The van der Waals surface area contributed by atoms with Gasteiger partial charge in [-0.1, -0.05) is 0 Å². The van der Waals surface area contributed by atoms with Gasteiger partial charge in [-0.05, 0) is 41.1 Å². The van der Waals surface area contributed by atoms with E-state index < -0.39 is 5.60 Å². The van der Waals surface area contributed by atoms with Crippen LogP contribution in [0.25, 0.3) is 5.69 Å². The van der Waals surface area contributed by atoms with Crippen LogP contribution >= 0.6 is 11.3 Å². The summed E-state index contributed by atoms with van der Waals surface area (Å²) in [6.07, 6.45) is 3.95. The number of hydrogen-bond acceptors (Lipinski definition) is 6. The van der Waals surface area contributed by atoms with Crippen molar-refractivity contribution in [2.45, 2.75) is 24.9 Å². The van der Waals surface area contributed by atoms with Gasteiger partial charge in [0.1, 0.15) is 11.2 Å². The largest absolute Gasteiger partial charge is 0.388 e. The number of rotatable bonds is 4. The number of nitrogens with zero attached hydrogens (tertiary/aromatic N) is 4. The van der Waals surface area contributed by atoms with Gasteiger partial charge in [0.25, 0.3) is 5.91 Å². The lowest BCUT2D eigenvalue weighted by atomic mass is 9.80. The van der Waals surface area contributed by atoms with E-state index in [1.54, 1.807) is 6.07 Å². The van der Waals surface area contributed by atoms with Crippen molar-refractivity contribution in [3.63, 3.8) is 0 Å². The van der Waals surface area contributed by atoms with Crippen LogP contribution in [0.1, 0.15) is 28.9 Å². The van der Waals surface area contributed by atoms with Crippen molar-refractivity contribution in [1.29, 1.82) is 0 Å². The highest BCUT2D eigenvalue weighted by molar-refractivity contribution is 7.12. The highest BCUT2D eigenvalue weighted by atomic mass is 32.1. The second-order valence-electron chi connectivity index (χ2n) is 4.65. The predicted molar refractivity (Wildman–Crippen MR) is 68.2 cm³/mol. The molecule has 2 aromatic heterocycles. The molecule has 0 unspecified atom stereocenters. The summed E-state index contributed by atoms with van der Waals surface area (Å²) in [6.45, 7) is 0.290. The van der Waals surface area contributed by atoms with Gasteiger partial charge < -0.3 is 10.4 Å². The molecule has 19 heavy (non-hydrogen) atoms. The maximum Gasteiger partial charge on any atom is 0.263 e. The maximum absolute atomic E-state index is 12.1. The average Bonchev–Trinajstić information content (AvgIpc) is 3.02. The van der Waals surface area contributed by atoms with E-state index in [9.17, 15) is 9.90 Å². The molecule has 1 fully saturated rings. The molecule has 2 heterocycles. The second kappa shape index (κ2) is 4.71. The minimum Gasteiger partial charge on any atom is -0.388 e. The average molecular weight is 279 g/mol. The second-order valence-corrected chi connectivity index (χ2v) is 5.57. The summed E-state index contributed by atoms with van der Waals surface area (Å²) in [5.74, 6) is -0.208. The molecule has 0 aromatic carbocycles. The molecule has 2 aromatic rings. The molecule has 1 saturated carbocycles. The number of aromatic nitrogens is 4. The zero-order valence-corrected chi connectivity index (χ0v) is 10.9. The van der Waals surface area contributed by atoms with Crippen molar-refractivity contribution < 1.29 is 9.90 Å². The Morgan fingerprint density at radius 2 is 2.42 bits per heavy atom. The van der Waals surface area contributed by atoms with Crippen LogP contribution in [-0.4, -0.2) is 43.4 Å². The van der Waals surface area contributed by atoms with Crippen LogP contribution in [0.5, 0.6) is 0 Å². The summed E-state index contributed by atoms with van der Waals surface area (Å²) >= 11 is 1.32. The van der Waals surface area contributed by atoms with Gasteiger partial charge in [0.2, 0.25) is 0 Å². The SMILES string of the molecule is O=C(NCC1(O)CCC1)c1sccc1-n1cnnn1. The summed E-state index contributed by atoms with van der Waals surface area (Å²) in [7, 11) is 0. The fraction of sp³-hybridized carbons (Fsp3) is 0.455. The van der Waals surface area contributed by atoms with Crippen LogP contribution in [0.2, 0.25) is 0 Å². The quantitative estimate of drug-likeness (QED) is 0.843. The molecule has 1 amide bonds. The molecule has 0 radical (unpaired) electrons. The predicted octanol–water partition coefficient (Wildman–Crippen LogP) is 0.369. The Hall–Kier alpha value is -1.80. The van der Waals surface area contributed by atoms with E-state index in [0.29, 0.717) is 17.1 Å². The first-order chi connectivity index (χ1) is 9.18. The standard InChI is InChI=1S/C11H13N5O2S/c17-10(12-6-11(18)3-1-4-11)9-8(2-5-19-9)16-7-13-14-15-16/h2,5,7,18H,1,3-4,6H2,(H,12,17). The lowest BCUT2D eigenvalue weighted by Gasteiger charge is -2.36. The molecule has 7 nitrogen and oxygen atoms in total. The zero-order chi connectivity index (χ0) is 13.3. The molecular formula is C11H13N5O2S. The normalized spacial score (nSPS) is 16.9. The van der Waals surface area contributed by atoms with Gasteiger partial charge in [-0.3, -0.25) is 4.79 Å².